The minimum Gasteiger partial charge on any atom is -0.507 e. The van der Waals surface area contributed by atoms with Gasteiger partial charge in [-0.2, -0.15) is 0 Å². The van der Waals surface area contributed by atoms with Crippen molar-refractivity contribution in [2.24, 2.45) is 0 Å². The van der Waals surface area contributed by atoms with Crippen LogP contribution in [0.2, 0.25) is 0 Å². The zero-order chi connectivity index (χ0) is 19.4. The molecule has 1 atom stereocenters. The molecule has 0 saturated carbocycles. The maximum atomic E-state index is 12.8. The summed E-state index contributed by atoms with van der Waals surface area (Å²) in [7, 11) is 0. The highest BCUT2D eigenvalue weighted by atomic mass is 32.2. The van der Waals surface area contributed by atoms with E-state index in [1.807, 2.05) is 30.5 Å². The molecule has 5 nitrogen and oxygen atoms in total. The zero-order valence-corrected chi connectivity index (χ0v) is 16.0. The summed E-state index contributed by atoms with van der Waals surface area (Å²) in [5.41, 5.74) is 1.10. The van der Waals surface area contributed by atoms with E-state index in [1.54, 1.807) is 43.0 Å². The fraction of sp³-hybridized carbons (Fsp3) is 0.238. The van der Waals surface area contributed by atoms with Crippen molar-refractivity contribution in [3.8, 4) is 5.75 Å². The molecule has 1 aromatic heterocycles. The number of aromatic amines is 1. The third kappa shape index (κ3) is 4.01. The van der Waals surface area contributed by atoms with Crippen molar-refractivity contribution in [1.82, 2.24) is 4.98 Å². The van der Waals surface area contributed by atoms with Crippen LogP contribution in [-0.4, -0.2) is 28.9 Å². The average Bonchev–Trinajstić information content (AvgIpc) is 2.67. The molecule has 0 amide bonds. The summed E-state index contributed by atoms with van der Waals surface area (Å²) in [6, 6.07) is 14.7. The summed E-state index contributed by atoms with van der Waals surface area (Å²) in [5.74, 6) is -1.12. The number of aromatic nitrogens is 1. The van der Waals surface area contributed by atoms with Crippen molar-refractivity contribution < 1.29 is 14.6 Å². The van der Waals surface area contributed by atoms with Crippen LogP contribution in [0.15, 0.2) is 58.2 Å². The van der Waals surface area contributed by atoms with E-state index in [0.29, 0.717) is 10.9 Å². The van der Waals surface area contributed by atoms with E-state index in [9.17, 15) is 14.7 Å². The molecule has 3 rings (SSSR count). The first-order valence-electron chi connectivity index (χ1n) is 8.68. The quantitative estimate of drug-likeness (QED) is 0.496. The number of hydrogen-bond acceptors (Lipinski definition) is 5. The van der Waals surface area contributed by atoms with E-state index in [2.05, 4.69) is 4.98 Å². The molecule has 1 unspecified atom stereocenters. The highest BCUT2D eigenvalue weighted by molar-refractivity contribution is 7.98. The Labute approximate surface area is 161 Å². The molecule has 0 aliphatic carbocycles. The number of rotatable bonds is 6. The van der Waals surface area contributed by atoms with Gasteiger partial charge < -0.3 is 14.8 Å². The van der Waals surface area contributed by atoms with Crippen molar-refractivity contribution in [1.29, 1.82) is 0 Å². The minimum atomic E-state index is -0.603. The second-order valence-corrected chi connectivity index (χ2v) is 6.98. The van der Waals surface area contributed by atoms with Gasteiger partial charge in [0.25, 0.3) is 5.56 Å². The summed E-state index contributed by atoms with van der Waals surface area (Å²) >= 11 is 1.61. The first kappa shape index (κ1) is 19.0. The van der Waals surface area contributed by atoms with Crippen LogP contribution in [0.4, 0.5) is 0 Å². The van der Waals surface area contributed by atoms with Crippen LogP contribution in [0.3, 0.4) is 0 Å². The Kier molecular flexibility index (Phi) is 5.86. The molecule has 1 heterocycles. The third-order valence-electron chi connectivity index (χ3n) is 4.47. The van der Waals surface area contributed by atoms with Gasteiger partial charge in [-0.1, -0.05) is 24.3 Å². The number of esters is 1. The monoisotopic (exact) mass is 383 g/mol. The van der Waals surface area contributed by atoms with Crippen LogP contribution in [0.5, 0.6) is 5.75 Å². The molecular formula is C21H21NO4S. The van der Waals surface area contributed by atoms with E-state index >= 15 is 0 Å². The fourth-order valence-corrected chi connectivity index (χ4v) is 3.58. The summed E-state index contributed by atoms with van der Waals surface area (Å²) in [6.07, 6.45) is 1.95. The van der Waals surface area contributed by atoms with E-state index in [1.165, 1.54) is 0 Å². The van der Waals surface area contributed by atoms with Gasteiger partial charge in [0.15, 0.2) is 0 Å². The molecule has 0 aliphatic heterocycles. The standard InChI is InChI=1S/C21H21NO4S/c1-3-26-18(23)12-16(13-8-10-14(27-2)11-9-13)19-20(24)15-6-4-5-7-17(15)22-21(19)25/h4-11,16H,3,12H2,1-2H3,(H2,22,24,25). The predicted molar refractivity (Wildman–Crippen MR) is 108 cm³/mol. The van der Waals surface area contributed by atoms with Gasteiger partial charge in [-0.05, 0) is 43.0 Å². The Morgan fingerprint density at radius 2 is 1.89 bits per heavy atom. The Bertz CT molecular complexity index is 1010. The van der Waals surface area contributed by atoms with Gasteiger partial charge in [0.2, 0.25) is 0 Å². The maximum absolute atomic E-state index is 12.8. The number of thioether (sulfide) groups is 1. The van der Waals surface area contributed by atoms with Gasteiger partial charge in [0.1, 0.15) is 5.75 Å². The Balaban J connectivity index is 2.16. The van der Waals surface area contributed by atoms with Crippen LogP contribution in [0.25, 0.3) is 10.9 Å². The Hall–Kier alpha value is -2.73. The smallest absolute Gasteiger partial charge is 0.306 e. The van der Waals surface area contributed by atoms with Crippen molar-refractivity contribution in [3.05, 3.63) is 70.0 Å². The second kappa shape index (κ2) is 8.31. The Morgan fingerprint density at radius 3 is 2.56 bits per heavy atom. The van der Waals surface area contributed by atoms with Crippen LogP contribution in [0, 0.1) is 0 Å². The number of carbonyl (C=O) groups is 1. The summed E-state index contributed by atoms with van der Waals surface area (Å²) in [4.78, 5) is 28.8. The van der Waals surface area contributed by atoms with Gasteiger partial charge in [-0.15, -0.1) is 11.8 Å². The van der Waals surface area contributed by atoms with E-state index in [4.69, 9.17) is 4.74 Å². The topological polar surface area (TPSA) is 79.4 Å². The van der Waals surface area contributed by atoms with Gasteiger partial charge in [0, 0.05) is 16.2 Å². The lowest BCUT2D eigenvalue weighted by atomic mass is 9.88. The summed E-state index contributed by atoms with van der Waals surface area (Å²) in [6.45, 7) is 2.00. The number of H-pyrrole nitrogens is 1. The minimum absolute atomic E-state index is 0.0264. The molecule has 2 aromatic carbocycles. The van der Waals surface area contributed by atoms with Crippen LogP contribution >= 0.6 is 11.8 Å². The number of para-hydroxylation sites is 1. The van der Waals surface area contributed by atoms with E-state index < -0.39 is 17.4 Å². The van der Waals surface area contributed by atoms with Crippen molar-refractivity contribution in [3.63, 3.8) is 0 Å². The van der Waals surface area contributed by atoms with Crippen molar-refractivity contribution >= 4 is 28.6 Å². The lowest BCUT2D eigenvalue weighted by molar-refractivity contribution is -0.143. The molecule has 0 bridgehead atoms. The highest BCUT2D eigenvalue weighted by Gasteiger charge is 2.26. The van der Waals surface area contributed by atoms with Gasteiger partial charge in [-0.25, -0.2) is 0 Å². The number of benzene rings is 2. The van der Waals surface area contributed by atoms with E-state index in [0.717, 1.165) is 10.5 Å². The first-order chi connectivity index (χ1) is 13.0. The van der Waals surface area contributed by atoms with Crippen LogP contribution < -0.4 is 5.56 Å². The van der Waals surface area contributed by atoms with Gasteiger partial charge in [-0.3, -0.25) is 9.59 Å². The Morgan fingerprint density at radius 1 is 1.19 bits per heavy atom. The molecule has 140 valence electrons. The SMILES string of the molecule is CCOC(=O)CC(c1ccc(SC)cc1)c1c(O)c2ccccc2[nH]c1=O. The predicted octanol–water partition coefficient (Wildman–Crippen LogP) is 4.04. The van der Waals surface area contributed by atoms with Gasteiger partial charge >= 0.3 is 5.97 Å². The molecule has 0 radical (unpaired) electrons. The first-order valence-corrected chi connectivity index (χ1v) is 9.91. The van der Waals surface area contributed by atoms with Crippen LogP contribution in [-0.2, 0) is 9.53 Å². The number of hydrogen-bond donors (Lipinski definition) is 2. The molecule has 2 N–H and O–H groups in total. The number of nitrogens with one attached hydrogen (secondary N) is 1. The lowest BCUT2D eigenvalue weighted by Crippen LogP contribution is -2.20. The van der Waals surface area contributed by atoms with E-state index in [-0.39, 0.29) is 24.3 Å². The van der Waals surface area contributed by atoms with Crippen molar-refractivity contribution in [2.45, 2.75) is 24.2 Å². The summed E-state index contributed by atoms with van der Waals surface area (Å²) < 4.78 is 5.09. The van der Waals surface area contributed by atoms with Gasteiger partial charge in [0.05, 0.1) is 24.1 Å². The molecule has 3 aromatic rings. The molecule has 0 spiro atoms. The average molecular weight is 383 g/mol. The zero-order valence-electron chi connectivity index (χ0n) is 15.2. The normalized spacial score (nSPS) is 12.1. The molecular weight excluding hydrogens is 362 g/mol. The maximum Gasteiger partial charge on any atom is 0.306 e. The molecule has 6 heteroatoms. The molecule has 0 fully saturated rings. The third-order valence-corrected chi connectivity index (χ3v) is 5.22. The summed E-state index contributed by atoms with van der Waals surface area (Å²) in [5, 5.41) is 11.4. The molecule has 0 aliphatic rings. The number of pyridine rings is 1. The highest BCUT2D eigenvalue weighted by Crippen LogP contribution is 2.36. The largest absolute Gasteiger partial charge is 0.507 e. The number of aromatic hydroxyl groups is 1. The van der Waals surface area contributed by atoms with Crippen LogP contribution in [0.1, 0.15) is 30.4 Å². The number of fused-ring (bicyclic) bond motifs is 1. The van der Waals surface area contributed by atoms with Crippen molar-refractivity contribution in [2.75, 3.05) is 12.9 Å². The number of carbonyl (C=O) groups excluding carboxylic acids is 1. The number of ether oxygens (including phenoxy) is 1. The molecule has 27 heavy (non-hydrogen) atoms. The second-order valence-electron chi connectivity index (χ2n) is 6.10. The molecule has 0 saturated heterocycles. The lowest BCUT2D eigenvalue weighted by Gasteiger charge is -2.19. The fourth-order valence-electron chi connectivity index (χ4n) is 3.17.